The molecule has 7 heteroatoms. The van der Waals surface area contributed by atoms with Crippen LogP contribution in [0.4, 0.5) is 5.82 Å². The monoisotopic (exact) mass is 351 g/mol. The minimum atomic E-state index is 0.222. The highest BCUT2D eigenvalue weighted by Gasteiger charge is 2.28. The number of ether oxygens (including phenoxy) is 1. The summed E-state index contributed by atoms with van der Waals surface area (Å²) in [6.45, 7) is 0.479. The van der Waals surface area contributed by atoms with Gasteiger partial charge in [0, 0.05) is 12.5 Å². The molecule has 5 nitrogen and oxygen atoms in total. The Morgan fingerprint density at radius 1 is 1.35 bits per heavy atom. The number of nitrogens with zero attached hydrogens (tertiary/aromatic N) is 2. The van der Waals surface area contributed by atoms with Gasteiger partial charge in [0.2, 0.25) is 0 Å². The Balaban J connectivity index is 1.82. The summed E-state index contributed by atoms with van der Waals surface area (Å²) >= 11 is 12.2. The van der Waals surface area contributed by atoms with Crippen LogP contribution in [0.1, 0.15) is 40.6 Å². The second kappa shape index (κ2) is 6.72. The summed E-state index contributed by atoms with van der Waals surface area (Å²) in [7, 11) is 1.57. The smallest absolute Gasteiger partial charge is 0.170 e. The van der Waals surface area contributed by atoms with Gasteiger partial charge in [-0.2, -0.15) is 0 Å². The van der Waals surface area contributed by atoms with Crippen molar-refractivity contribution >= 4 is 35.3 Å². The third-order valence-electron chi connectivity index (χ3n) is 3.62. The van der Waals surface area contributed by atoms with Crippen LogP contribution in [0.25, 0.3) is 0 Å². The first-order chi connectivity index (χ1) is 11.1. The van der Waals surface area contributed by atoms with Crippen LogP contribution < -0.4 is 10.1 Å². The number of rotatable bonds is 6. The second-order valence-corrected chi connectivity index (χ2v) is 6.13. The molecule has 0 spiro atoms. The van der Waals surface area contributed by atoms with E-state index in [2.05, 4.69) is 15.3 Å². The van der Waals surface area contributed by atoms with Crippen molar-refractivity contribution in [2.75, 3.05) is 12.4 Å². The first-order valence-electron chi connectivity index (χ1n) is 7.21. The third-order valence-corrected chi connectivity index (χ3v) is 4.31. The van der Waals surface area contributed by atoms with Crippen molar-refractivity contribution < 1.29 is 9.53 Å². The predicted octanol–water partition coefficient (Wildman–Crippen LogP) is 4.09. The molecule has 1 aliphatic rings. The van der Waals surface area contributed by atoms with Crippen molar-refractivity contribution in [2.24, 2.45) is 0 Å². The average Bonchev–Trinajstić information content (AvgIpc) is 3.40. The number of nitrogens with one attached hydrogen (secondary N) is 1. The molecule has 0 saturated heterocycles. The van der Waals surface area contributed by atoms with Gasteiger partial charge in [0.25, 0.3) is 0 Å². The van der Waals surface area contributed by atoms with Crippen LogP contribution in [-0.2, 0) is 6.54 Å². The Bertz CT molecular complexity index is 748. The lowest BCUT2D eigenvalue weighted by Crippen LogP contribution is -2.07. The van der Waals surface area contributed by atoms with Crippen LogP contribution in [0, 0.1) is 0 Å². The average molecular weight is 352 g/mol. The fourth-order valence-corrected chi connectivity index (χ4v) is 2.59. The highest BCUT2D eigenvalue weighted by Crippen LogP contribution is 2.39. The van der Waals surface area contributed by atoms with Gasteiger partial charge >= 0.3 is 0 Å². The summed E-state index contributed by atoms with van der Waals surface area (Å²) in [5.74, 6) is 2.08. The topological polar surface area (TPSA) is 64.1 Å². The zero-order valence-electron chi connectivity index (χ0n) is 12.5. The Morgan fingerprint density at radius 3 is 2.78 bits per heavy atom. The number of carbonyl (C=O) groups excluding carboxylic acids is 1. The molecule has 0 aliphatic heterocycles. The molecule has 0 atom stereocenters. The van der Waals surface area contributed by atoms with Crippen molar-refractivity contribution in [3.8, 4) is 5.75 Å². The zero-order chi connectivity index (χ0) is 16.4. The summed E-state index contributed by atoms with van der Waals surface area (Å²) < 4.78 is 5.20. The van der Waals surface area contributed by atoms with Gasteiger partial charge in [-0.3, -0.25) is 4.79 Å². The van der Waals surface area contributed by atoms with Gasteiger partial charge in [-0.1, -0.05) is 29.3 Å². The van der Waals surface area contributed by atoms with Gasteiger partial charge in [0.1, 0.15) is 28.1 Å². The first-order valence-corrected chi connectivity index (χ1v) is 7.97. The number of carbonyl (C=O) groups is 1. The standard InChI is InChI=1S/C16H15Cl2N3O2/c1-23-13-6-9(2-5-11(13)17)7-19-16-14(18)12(8-22)20-15(21-16)10-3-4-10/h2,5-6,8,10H,3-4,7H2,1H3,(H,19,20,21). The number of halogens is 2. The maximum Gasteiger partial charge on any atom is 0.170 e. The Morgan fingerprint density at radius 2 is 2.13 bits per heavy atom. The van der Waals surface area contributed by atoms with Crippen molar-refractivity contribution in [3.63, 3.8) is 0 Å². The molecule has 1 heterocycles. The van der Waals surface area contributed by atoms with E-state index in [1.54, 1.807) is 13.2 Å². The molecule has 1 saturated carbocycles. The van der Waals surface area contributed by atoms with Crippen LogP contribution in [0.15, 0.2) is 18.2 Å². The number of benzene rings is 1. The molecule has 1 N–H and O–H groups in total. The highest BCUT2D eigenvalue weighted by atomic mass is 35.5. The van der Waals surface area contributed by atoms with E-state index in [-0.39, 0.29) is 10.7 Å². The number of hydrogen-bond acceptors (Lipinski definition) is 5. The molecule has 120 valence electrons. The van der Waals surface area contributed by atoms with Crippen LogP contribution in [0.5, 0.6) is 5.75 Å². The van der Waals surface area contributed by atoms with Crippen molar-refractivity contribution in [3.05, 3.63) is 45.3 Å². The predicted molar refractivity (Wildman–Crippen MR) is 89.7 cm³/mol. The second-order valence-electron chi connectivity index (χ2n) is 5.34. The summed E-state index contributed by atoms with van der Waals surface area (Å²) in [5.41, 5.74) is 1.18. The van der Waals surface area contributed by atoms with Gasteiger partial charge in [-0.25, -0.2) is 9.97 Å². The molecule has 1 aliphatic carbocycles. The van der Waals surface area contributed by atoms with Crippen LogP contribution in [0.3, 0.4) is 0 Å². The van der Waals surface area contributed by atoms with Crippen LogP contribution in [-0.4, -0.2) is 23.4 Å². The lowest BCUT2D eigenvalue weighted by molar-refractivity contribution is 0.111. The third kappa shape index (κ3) is 3.57. The van der Waals surface area contributed by atoms with Gasteiger partial charge in [0.15, 0.2) is 6.29 Å². The highest BCUT2D eigenvalue weighted by molar-refractivity contribution is 6.35. The van der Waals surface area contributed by atoms with Crippen molar-refractivity contribution in [2.45, 2.75) is 25.3 Å². The van der Waals surface area contributed by atoms with Gasteiger partial charge in [0.05, 0.1) is 12.1 Å². The van der Waals surface area contributed by atoms with Gasteiger partial charge in [-0.15, -0.1) is 0 Å². The number of methoxy groups -OCH3 is 1. The van der Waals surface area contributed by atoms with E-state index < -0.39 is 0 Å². The Kier molecular flexibility index (Phi) is 4.68. The molecule has 0 radical (unpaired) electrons. The van der Waals surface area contributed by atoms with E-state index >= 15 is 0 Å². The Hall–Kier alpha value is -1.85. The fraction of sp³-hybridized carbons (Fsp3) is 0.312. The minimum Gasteiger partial charge on any atom is -0.495 e. The minimum absolute atomic E-state index is 0.222. The normalized spacial score (nSPS) is 13.7. The summed E-state index contributed by atoms with van der Waals surface area (Å²) in [6, 6.07) is 5.49. The van der Waals surface area contributed by atoms with Crippen LogP contribution in [0.2, 0.25) is 10.0 Å². The Labute approximate surface area is 144 Å². The van der Waals surface area contributed by atoms with E-state index in [0.717, 1.165) is 18.4 Å². The maximum atomic E-state index is 11.1. The SMILES string of the molecule is COc1cc(CNc2nc(C3CC3)nc(C=O)c2Cl)ccc1Cl. The van der Waals surface area contributed by atoms with E-state index in [9.17, 15) is 4.79 Å². The summed E-state index contributed by atoms with van der Waals surface area (Å²) in [5, 5.41) is 3.95. The van der Waals surface area contributed by atoms with Crippen molar-refractivity contribution in [1.29, 1.82) is 0 Å². The molecule has 1 fully saturated rings. The molecular weight excluding hydrogens is 337 g/mol. The maximum absolute atomic E-state index is 11.1. The van der Waals surface area contributed by atoms with Crippen molar-refractivity contribution in [1.82, 2.24) is 9.97 Å². The first kappa shape index (κ1) is 16.0. The van der Waals surface area contributed by atoms with E-state index in [0.29, 0.717) is 41.2 Å². The number of anilines is 1. The molecule has 2 aromatic rings. The summed E-state index contributed by atoms with van der Waals surface area (Å²) in [6.07, 6.45) is 2.76. The molecule has 3 rings (SSSR count). The zero-order valence-corrected chi connectivity index (χ0v) is 14.0. The van der Waals surface area contributed by atoms with E-state index in [4.69, 9.17) is 27.9 Å². The number of aldehydes is 1. The fourth-order valence-electron chi connectivity index (χ4n) is 2.20. The molecule has 0 amide bonds. The lowest BCUT2D eigenvalue weighted by atomic mass is 10.2. The molecule has 23 heavy (non-hydrogen) atoms. The largest absolute Gasteiger partial charge is 0.495 e. The molecule has 1 aromatic carbocycles. The quantitative estimate of drug-likeness (QED) is 0.793. The van der Waals surface area contributed by atoms with E-state index in [1.165, 1.54) is 0 Å². The van der Waals surface area contributed by atoms with Gasteiger partial charge in [-0.05, 0) is 30.5 Å². The summed E-state index contributed by atoms with van der Waals surface area (Å²) in [4.78, 5) is 19.8. The molecule has 0 bridgehead atoms. The van der Waals surface area contributed by atoms with E-state index in [1.807, 2.05) is 12.1 Å². The molecule has 0 unspecified atom stereocenters. The van der Waals surface area contributed by atoms with Crippen LogP contribution >= 0.6 is 23.2 Å². The lowest BCUT2D eigenvalue weighted by Gasteiger charge is -2.11. The number of aromatic nitrogens is 2. The molecule has 1 aromatic heterocycles. The molecular formula is C16H15Cl2N3O2. The van der Waals surface area contributed by atoms with Gasteiger partial charge < -0.3 is 10.1 Å². The number of hydrogen-bond donors (Lipinski definition) is 1.